The minimum absolute atomic E-state index is 0.550. The Kier molecular flexibility index (Phi) is 8.79. The van der Waals surface area contributed by atoms with E-state index >= 15 is 0 Å². The van der Waals surface area contributed by atoms with Crippen LogP contribution in [0.1, 0.15) is 31.7 Å². The van der Waals surface area contributed by atoms with Gasteiger partial charge in [-0.25, -0.2) is 4.98 Å². The van der Waals surface area contributed by atoms with Crippen molar-refractivity contribution in [3.63, 3.8) is 0 Å². The molecule has 0 bridgehead atoms. The number of hydrogen-bond acceptors (Lipinski definition) is 5. The molecule has 26 heavy (non-hydrogen) atoms. The Bertz CT molecular complexity index is 742. The number of hydrogen-bond donors (Lipinski definition) is 0. The minimum atomic E-state index is 0.550. The van der Waals surface area contributed by atoms with Crippen LogP contribution in [0.25, 0.3) is 10.6 Å². The van der Waals surface area contributed by atoms with Crippen molar-refractivity contribution in [3.05, 3.63) is 65.4 Å². The average molecular weight is 371 g/mol. The summed E-state index contributed by atoms with van der Waals surface area (Å²) in [5.41, 5.74) is 3.18. The third kappa shape index (κ3) is 6.24. The Labute approximate surface area is 159 Å². The number of thiazole rings is 1. The van der Waals surface area contributed by atoms with Crippen LogP contribution < -0.4 is 4.74 Å². The number of nitrogens with zero attached hydrogens (tertiary/aromatic N) is 2. The summed E-state index contributed by atoms with van der Waals surface area (Å²) < 4.78 is 10.9. The zero-order valence-corrected chi connectivity index (χ0v) is 16.5. The van der Waals surface area contributed by atoms with Crippen LogP contribution in [0.4, 0.5) is 0 Å². The molecule has 0 amide bonds. The highest BCUT2D eigenvalue weighted by atomic mass is 32.1. The van der Waals surface area contributed by atoms with Crippen LogP contribution in [0, 0.1) is 0 Å². The van der Waals surface area contributed by atoms with E-state index in [9.17, 15) is 0 Å². The van der Waals surface area contributed by atoms with Crippen LogP contribution in [0.3, 0.4) is 0 Å². The van der Waals surface area contributed by atoms with Crippen molar-refractivity contribution < 1.29 is 9.47 Å². The highest BCUT2D eigenvalue weighted by Crippen LogP contribution is 2.25. The largest absolute Gasteiger partial charge is 0.497 e. The van der Waals surface area contributed by atoms with Gasteiger partial charge in [0.25, 0.3) is 0 Å². The zero-order valence-electron chi connectivity index (χ0n) is 15.6. The smallest absolute Gasteiger partial charge is 0.123 e. The monoisotopic (exact) mass is 370 g/mol. The summed E-state index contributed by atoms with van der Waals surface area (Å²) in [4.78, 5) is 8.94. The Morgan fingerprint density at radius 1 is 1.00 bits per heavy atom. The molecule has 0 saturated carbocycles. The Morgan fingerprint density at radius 2 is 1.81 bits per heavy atom. The van der Waals surface area contributed by atoms with Crippen molar-refractivity contribution in [1.82, 2.24) is 9.97 Å². The van der Waals surface area contributed by atoms with Gasteiger partial charge in [-0.2, -0.15) is 0 Å². The van der Waals surface area contributed by atoms with Gasteiger partial charge in [-0.15, -0.1) is 11.3 Å². The summed E-state index contributed by atoms with van der Waals surface area (Å²) in [5, 5.41) is 3.06. The fourth-order valence-electron chi connectivity index (χ4n) is 2.32. The molecule has 5 heteroatoms. The summed E-state index contributed by atoms with van der Waals surface area (Å²) in [6.45, 7) is 5.26. The fraction of sp³-hybridized carbons (Fsp3) is 0.333. The molecular formula is C21H26N2O2S. The lowest BCUT2D eigenvalue weighted by Gasteiger charge is -2.02. The molecule has 0 N–H and O–H groups in total. The number of ether oxygens (including phenoxy) is 2. The lowest BCUT2D eigenvalue weighted by Crippen LogP contribution is -1.98. The van der Waals surface area contributed by atoms with Gasteiger partial charge in [-0.05, 0) is 49.2 Å². The predicted octanol–water partition coefficient (Wildman–Crippen LogP) is 5.39. The van der Waals surface area contributed by atoms with E-state index in [1.807, 2.05) is 62.5 Å². The molecule has 0 unspecified atom stereocenters. The van der Waals surface area contributed by atoms with E-state index in [0.717, 1.165) is 40.6 Å². The van der Waals surface area contributed by atoms with Gasteiger partial charge in [0.2, 0.25) is 0 Å². The molecule has 3 aromatic rings. The molecular weight excluding hydrogens is 344 g/mol. The first-order chi connectivity index (χ1) is 12.8. The van der Waals surface area contributed by atoms with Crippen LogP contribution in [0.15, 0.2) is 54.0 Å². The van der Waals surface area contributed by atoms with Crippen molar-refractivity contribution in [2.45, 2.75) is 33.3 Å². The number of benzene rings is 1. The summed E-state index contributed by atoms with van der Waals surface area (Å²) in [6, 6.07) is 13.9. The molecule has 0 saturated heterocycles. The van der Waals surface area contributed by atoms with Crippen molar-refractivity contribution in [2.24, 2.45) is 0 Å². The number of methoxy groups -OCH3 is 1. The molecule has 138 valence electrons. The van der Waals surface area contributed by atoms with Gasteiger partial charge in [0.1, 0.15) is 10.8 Å². The van der Waals surface area contributed by atoms with Crippen molar-refractivity contribution in [3.8, 4) is 16.3 Å². The second kappa shape index (κ2) is 11.4. The van der Waals surface area contributed by atoms with Crippen molar-refractivity contribution in [1.29, 1.82) is 0 Å². The first kappa shape index (κ1) is 20.1. The van der Waals surface area contributed by atoms with E-state index in [-0.39, 0.29) is 0 Å². The second-order valence-electron chi connectivity index (χ2n) is 5.35. The predicted molar refractivity (Wildman–Crippen MR) is 108 cm³/mol. The number of rotatable bonds is 8. The maximum absolute atomic E-state index is 5.72. The standard InChI is InChI=1S/C19H20N2O2S.C2H6/c1-22-18-9-7-15(8-10-18)19-21-17(14-24-19)13-23-12-4-6-16-5-2-3-11-20-16;1-2/h2-3,5,7-11,14H,4,6,12-13H2,1H3;1-2H3. The van der Waals surface area contributed by atoms with Gasteiger partial charge in [0.05, 0.1) is 19.4 Å². The van der Waals surface area contributed by atoms with Crippen molar-refractivity contribution in [2.75, 3.05) is 13.7 Å². The van der Waals surface area contributed by atoms with Crippen LogP contribution in [0.2, 0.25) is 0 Å². The molecule has 0 aliphatic heterocycles. The molecule has 0 spiro atoms. The molecule has 4 nitrogen and oxygen atoms in total. The van der Waals surface area contributed by atoms with Gasteiger partial charge in [0, 0.05) is 29.4 Å². The number of pyridine rings is 1. The molecule has 0 atom stereocenters. The third-order valence-electron chi connectivity index (χ3n) is 3.59. The van der Waals surface area contributed by atoms with E-state index in [2.05, 4.69) is 15.3 Å². The molecule has 0 radical (unpaired) electrons. The summed E-state index contributed by atoms with van der Waals surface area (Å²) in [7, 11) is 1.67. The first-order valence-corrected chi connectivity index (χ1v) is 9.79. The number of aromatic nitrogens is 2. The van der Waals surface area contributed by atoms with Gasteiger partial charge in [0.15, 0.2) is 0 Å². The topological polar surface area (TPSA) is 44.2 Å². The zero-order chi connectivity index (χ0) is 18.6. The first-order valence-electron chi connectivity index (χ1n) is 8.91. The Balaban J connectivity index is 0.00000117. The summed E-state index contributed by atoms with van der Waals surface area (Å²) >= 11 is 1.63. The fourth-order valence-corrected chi connectivity index (χ4v) is 3.13. The quantitative estimate of drug-likeness (QED) is 0.499. The van der Waals surface area contributed by atoms with E-state index < -0.39 is 0 Å². The van der Waals surface area contributed by atoms with Crippen LogP contribution in [-0.4, -0.2) is 23.7 Å². The van der Waals surface area contributed by atoms with Gasteiger partial charge < -0.3 is 9.47 Å². The molecule has 0 aliphatic rings. The normalized spacial score (nSPS) is 10.1. The van der Waals surface area contributed by atoms with Gasteiger partial charge >= 0.3 is 0 Å². The molecule has 0 aliphatic carbocycles. The average Bonchev–Trinajstić information content (AvgIpc) is 3.19. The lowest BCUT2D eigenvalue weighted by atomic mass is 10.2. The maximum atomic E-state index is 5.72. The van der Waals surface area contributed by atoms with Gasteiger partial charge in [-0.3, -0.25) is 4.98 Å². The second-order valence-corrected chi connectivity index (χ2v) is 6.21. The SMILES string of the molecule is CC.COc1ccc(-c2nc(COCCCc3ccccn3)cs2)cc1. The Morgan fingerprint density at radius 3 is 2.50 bits per heavy atom. The summed E-state index contributed by atoms with van der Waals surface area (Å²) in [5.74, 6) is 0.853. The van der Waals surface area contributed by atoms with Crippen LogP contribution >= 0.6 is 11.3 Å². The number of aryl methyl sites for hydroxylation is 1. The van der Waals surface area contributed by atoms with Crippen molar-refractivity contribution >= 4 is 11.3 Å². The molecule has 0 fully saturated rings. The summed E-state index contributed by atoms with van der Waals surface area (Å²) in [6.07, 6.45) is 3.73. The molecule has 1 aromatic carbocycles. The molecule has 2 aromatic heterocycles. The van der Waals surface area contributed by atoms with E-state index in [0.29, 0.717) is 13.2 Å². The van der Waals surface area contributed by atoms with E-state index in [1.165, 1.54) is 0 Å². The maximum Gasteiger partial charge on any atom is 0.123 e. The highest BCUT2D eigenvalue weighted by Gasteiger charge is 2.05. The minimum Gasteiger partial charge on any atom is -0.497 e. The third-order valence-corrected chi connectivity index (χ3v) is 4.53. The van der Waals surface area contributed by atoms with E-state index in [4.69, 9.17) is 9.47 Å². The van der Waals surface area contributed by atoms with Crippen LogP contribution in [0.5, 0.6) is 5.75 Å². The van der Waals surface area contributed by atoms with Crippen LogP contribution in [-0.2, 0) is 17.8 Å². The highest BCUT2D eigenvalue weighted by molar-refractivity contribution is 7.13. The van der Waals surface area contributed by atoms with E-state index in [1.54, 1.807) is 18.4 Å². The molecule has 3 rings (SSSR count). The lowest BCUT2D eigenvalue weighted by molar-refractivity contribution is 0.116. The Hall–Kier alpha value is -2.24. The molecule has 2 heterocycles. The van der Waals surface area contributed by atoms with Gasteiger partial charge in [-0.1, -0.05) is 19.9 Å².